The Morgan fingerprint density at radius 2 is 2.27 bits per heavy atom. The number of hydrogen-bond donors (Lipinski definition) is 0. The van der Waals surface area contributed by atoms with E-state index in [1.807, 2.05) is 25.5 Å². The Morgan fingerprint density at radius 1 is 1.55 bits per heavy atom. The van der Waals surface area contributed by atoms with Gasteiger partial charge >= 0.3 is 0 Å². The Hall–Kier alpha value is -1.87. The number of aliphatic imine (C=N–C) groups is 2. The van der Waals surface area contributed by atoms with Crippen LogP contribution in [0.4, 0.5) is 11.5 Å². The second kappa shape index (κ2) is 7.95. The molecule has 1 aliphatic heterocycles. The summed E-state index contributed by atoms with van der Waals surface area (Å²) in [6, 6.07) is 4.34. The minimum atomic E-state index is 0.156. The van der Waals surface area contributed by atoms with Crippen LogP contribution in [0.25, 0.3) is 0 Å². The number of anilines is 1. The SMILES string of the molecule is C=Nc1c(/C=N\CSC)cc(C)nc1N1CCC(C#N)CC1. The summed E-state index contributed by atoms with van der Waals surface area (Å²) in [5.41, 5.74) is 2.68. The third-order valence-corrected chi connectivity index (χ3v) is 4.11. The number of hydrogen-bond acceptors (Lipinski definition) is 6. The Labute approximate surface area is 136 Å². The van der Waals surface area contributed by atoms with Gasteiger partial charge in [0.05, 0.1) is 11.9 Å². The number of rotatable bonds is 5. The van der Waals surface area contributed by atoms with Crippen molar-refractivity contribution >= 4 is 36.2 Å². The first-order chi connectivity index (χ1) is 10.7. The van der Waals surface area contributed by atoms with Crippen molar-refractivity contribution in [2.75, 3.05) is 30.1 Å². The van der Waals surface area contributed by atoms with Crippen LogP contribution < -0.4 is 4.90 Å². The quantitative estimate of drug-likeness (QED) is 0.783. The summed E-state index contributed by atoms with van der Waals surface area (Å²) in [7, 11) is 0. The van der Waals surface area contributed by atoms with E-state index in [0.717, 1.165) is 54.6 Å². The zero-order valence-electron chi connectivity index (χ0n) is 13.1. The van der Waals surface area contributed by atoms with Gasteiger partial charge in [0, 0.05) is 36.5 Å². The highest BCUT2D eigenvalue weighted by Crippen LogP contribution is 2.32. The maximum absolute atomic E-state index is 9.03. The number of nitriles is 1. The van der Waals surface area contributed by atoms with Gasteiger partial charge in [0.25, 0.3) is 0 Å². The van der Waals surface area contributed by atoms with Crippen molar-refractivity contribution in [1.29, 1.82) is 5.26 Å². The van der Waals surface area contributed by atoms with Crippen molar-refractivity contribution in [3.63, 3.8) is 0 Å². The van der Waals surface area contributed by atoms with Crippen LogP contribution in [0.1, 0.15) is 24.1 Å². The number of aromatic nitrogens is 1. The highest BCUT2D eigenvalue weighted by Gasteiger charge is 2.22. The normalized spacial score (nSPS) is 16.0. The molecule has 0 aromatic carbocycles. The van der Waals surface area contributed by atoms with Crippen molar-refractivity contribution in [1.82, 2.24) is 4.98 Å². The van der Waals surface area contributed by atoms with E-state index in [4.69, 9.17) is 5.26 Å². The molecule has 2 heterocycles. The average molecular weight is 315 g/mol. The lowest BCUT2D eigenvalue weighted by molar-refractivity contribution is 0.485. The van der Waals surface area contributed by atoms with Crippen molar-refractivity contribution in [2.45, 2.75) is 19.8 Å². The van der Waals surface area contributed by atoms with E-state index in [9.17, 15) is 0 Å². The maximum Gasteiger partial charge on any atom is 0.155 e. The van der Waals surface area contributed by atoms with Gasteiger partial charge in [0.15, 0.2) is 5.82 Å². The number of nitrogens with zero attached hydrogens (tertiary/aromatic N) is 5. The summed E-state index contributed by atoms with van der Waals surface area (Å²) >= 11 is 1.67. The lowest BCUT2D eigenvalue weighted by Crippen LogP contribution is -2.34. The van der Waals surface area contributed by atoms with Gasteiger partial charge in [-0.15, -0.1) is 11.8 Å². The monoisotopic (exact) mass is 315 g/mol. The smallest absolute Gasteiger partial charge is 0.155 e. The molecule has 1 fully saturated rings. The predicted molar refractivity (Wildman–Crippen MR) is 94.7 cm³/mol. The second-order valence-electron chi connectivity index (χ2n) is 5.30. The molecule has 0 amide bonds. The van der Waals surface area contributed by atoms with Crippen molar-refractivity contribution in [3.8, 4) is 6.07 Å². The summed E-state index contributed by atoms with van der Waals surface area (Å²) in [6.45, 7) is 7.34. The van der Waals surface area contributed by atoms with Crippen LogP contribution in [0.3, 0.4) is 0 Å². The number of pyridine rings is 1. The van der Waals surface area contributed by atoms with Crippen LogP contribution >= 0.6 is 11.8 Å². The molecule has 0 unspecified atom stereocenters. The summed E-state index contributed by atoms with van der Waals surface area (Å²) in [6.07, 6.45) is 5.62. The Bertz CT molecular complexity index is 597. The van der Waals surface area contributed by atoms with Gasteiger partial charge in [-0.05, 0) is 38.8 Å². The first kappa shape index (κ1) is 16.5. The molecule has 0 aliphatic carbocycles. The van der Waals surface area contributed by atoms with E-state index in [1.165, 1.54) is 0 Å². The Morgan fingerprint density at radius 3 is 2.86 bits per heavy atom. The van der Waals surface area contributed by atoms with Crippen LogP contribution in [0.2, 0.25) is 0 Å². The minimum absolute atomic E-state index is 0.156. The third-order valence-electron chi connectivity index (χ3n) is 3.70. The highest BCUT2D eigenvalue weighted by atomic mass is 32.2. The fourth-order valence-corrected chi connectivity index (χ4v) is 2.81. The molecule has 0 atom stereocenters. The summed E-state index contributed by atoms with van der Waals surface area (Å²) in [4.78, 5) is 15.4. The molecular formula is C16H21N5S. The van der Waals surface area contributed by atoms with Crippen LogP contribution in [-0.4, -0.2) is 43.1 Å². The van der Waals surface area contributed by atoms with Crippen molar-refractivity contribution in [2.24, 2.45) is 15.9 Å². The van der Waals surface area contributed by atoms with Crippen molar-refractivity contribution in [3.05, 3.63) is 17.3 Å². The first-order valence-corrected chi connectivity index (χ1v) is 8.70. The Kier molecular flexibility index (Phi) is 5.96. The number of aryl methyl sites for hydroxylation is 1. The molecule has 2 rings (SSSR count). The molecule has 0 spiro atoms. The standard InChI is InChI=1S/C16H21N5S/c1-12-8-14(10-19-11-22-3)15(18-2)16(20-12)21-6-4-13(9-17)5-7-21/h8,10,13H,2,4-7,11H2,1,3H3/b19-10-. The summed E-state index contributed by atoms with van der Waals surface area (Å²) < 4.78 is 0. The molecule has 0 bridgehead atoms. The molecule has 0 radical (unpaired) electrons. The lowest BCUT2D eigenvalue weighted by atomic mass is 9.98. The third kappa shape index (κ3) is 3.86. The molecule has 1 saturated heterocycles. The fraction of sp³-hybridized carbons (Fsp3) is 0.500. The molecule has 5 nitrogen and oxygen atoms in total. The van der Waals surface area contributed by atoms with E-state index in [2.05, 4.69) is 32.7 Å². The van der Waals surface area contributed by atoms with Crippen LogP contribution in [0.5, 0.6) is 0 Å². The van der Waals surface area contributed by atoms with E-state index < -0.39 is 0 Å². The Balaban J connectivity index is 2.31. The molecule has 1 aliphatic rings. The molecular weight excluding hydrogens is 294 g/mol. The highest BCUT2D eigenvalue weighted by molar-refractivity contribution is 7.98. The van der Waals surface area contributed by atoms with Gasteiger partial charge in [-0.1, -0.05) is 0 Å². The van der Waals surface area contributed by atoms with Crippen LogP contribution in [-0.2, 0) is 0 Å². The van der Waals surface area contributed by atoms with Gasteiger partial charge in [0.1, 0.15) is 5.69 Å². The summed E-state index contributed by atoms with van der Waals surface area (Å²) in [5, 5.41) is 9.03. The minimum Gasteiger partial charge on any atom is -0.355 e. The van der Waals surface area contributed by atoms with Gasteiger partial charge in [-0.2, -0.15) is 5.26 Å². The van der Waals surface area contributed by atoms with Crippen LogP contribution in [0.15, 0.2) is 16.1 Å². The second-order valence-corrected chi connectivity index (χ2v) is 6.14. The van der Waals surface area contributed by atoms with Gasteiger partial charge in [-0.25, -0.2) is 4.98 Å². The van der Waals surface area contributed by atoms with Gasteiger partial charge in [0.2, 0.25) is 0 Å². The molecule has 116 valence electrons. The summed E-state index contributed by atoms with van der Waals surface area (Å²) in [5.74, 6) is 1.74. The largest absolute Gasteiger partial charge is 0.355 e. The van der Waals surface area contributed by atoms with Crippen molar-refractivity contribution < 1.29 is 0 Å². The molecule has 22 heavy (non-hydrogen) atoms. The topological polar surface area (TPSA) is 64.6 Å². The number of thioether (sulfide) groups is 1. The predicted octanol–water partition coefficient (Wildman–Crippen LogP) is 3.20. The molecule has 0 N–H and O–H groups in total. The zero-order valence-corrected chi connectivity index (χ0v) is 13.9. The van der Waals surface area contributed by atoms with Gasteiger partial charge in [-0.3, -0.25) is 9.98 Å². The molecule has 0 saturated carbocycles. The van der Waals surface area contributed by atoms with Gasteiger partial charge < -0.3 is 4.90 Å². The number of piperidine rings is 1. The van der Waals surface area contributed by atoms with E-state index in [-0.39, 0.29) is 5.92 Å². The lowest BCUT2D eigenvalue weighted by Gasteiger charge is -2.31. The first-order valence-electron chi connectivity index (χ1n) is 7.31. The molecule has 6 heteroatoms. The van der Waals surface area contributed by atoms with E-state index >= 15 is 0 Å². The van der Waals surface area contributed by atoms with Crippen LogP contribution in [0, 0.1) is 24.2 Å². The molecule has 1 aromatic rings. The van der Waals surface area contributed by atoms with E-state index in [1.54, 1.807) is 11.8 Å². The average Bonchev–Trinajstić information content (AvgIpc) is 2.54. The zero-order chi connectivity index (χ0) is 15.9. The molecule has 1 aromatic heterocycles. The van der Waals surface area contributed by atoms with E-state index in [0.29, 0.717) is 0 Å². The fourth-order valence-electron chi connectivity index (χ4n) is 2.59. The maximum atomic E-state index is 9.03.